The number of benzene rings is 1. The number of aromatic nitrogens is 1. The molecule has 0 bridgehead atoms. The van der Waals surface area contributed by atoms with Gasteiger partial charge < -0.3 is 5.32 Å². The zero-order chi connectivity index (χ0) is 14.0. The van der Waals surface area contributed by atoms with Crippen LogP contribution in [0.3, 0.4) is 0 Å². The molecule has 0 spiro atoms. The summed E-state index contributed by atoms with van der Waals surface area (Å²) in [4.78, 5) is 4.56. The minimum atomic E-state index is 0.316. The Morgan fingerprint density at radius 2 is 1.89 bits per heavy atom. The van der Waals surface area contributed by atoms with Crippen LogP contribution in [0.15, 0.2) is 22.0 Å². The van der Waals surface area contributed by atoms with E-state index < -0.39 is 0 Å². The largest absolute Gasteiger partial charge is 0.313 e. The number of nitrogens with zero attached hydrogens (tertiary/aromatic N) is 1. The molecule has 0 aliphatic heterocycles. The average Bonchev–Trinajstić information content (AvgIpc) is 2.78. The van der Waals surface area contributed by atoms with E-state index in [4.69, 9.17) is 0 Å². The molecule has 1 heterocycles. The lowest BCUT2D eigenvalue weighted by atomic mass is 9.99. The second-order valence-electron chi connectivity index (χ2n) is 4.90. The van der Waals surface area contributed by atoms with Gasteiger partial charge in [0.25, 0.3) is 0 Å². The molecule has 0 aliphatic carbocycles. The van der Waals surface area contributed by atoms with Crippen molar-refractivity contribution in [3.05, 3.63) is 49.4 Å². The van der Waals surface area contributed by atoms with Crippen LogP contribution in [0, 0.1) is 20.8 Å². The minimum absolute atomic E-state index is 0.316. The molecule has 102 valence electrons. The third kappa shape index (κ3) is 3.44. The van der Waals surface area contributed by atoms with E-state index in [9.17, 15) is 0 Å². The summed E-state index contributed by atoms with van der Waals surface area (Å²) >= 11 is 5.36. The summed E-state index contributed by atoms with van der Waals surface area (Å²) < 4.78 is 1.20. The number of halogens is 1. The second kappa shape index (κ2) is 6.16. The van der Waals surface area contributed by atoms with Crippen LogP contribution in [0.1, 0.15) is 33.4 Å². The van der Waals surface area contributed by atoms with Crippen LogP contribution >= 0.6 is 27.3 Å². The van der Waals surface area contributed by atoms with Gasteiger partial charge in [0.15, 0.2) is 0 Å². The summed E-state index contributed by atoms with van der Waals surface area (Å²) in [6, 6.07) is 4.81. The van der Waals surface area contributed by atoms with Gasteiger partial charge in [0.2, 0.25) is 0 Å². The van der Waals surface area contributed by atoms with Gasteiger partial charge in [0.05, 0.1) is 5.01 Å². The van der Waals surface area contributed by atoms with Gasteiger partial charge in [0.1, 0.15) is 0 Å². The Labute approximate surface area is 127 Å². The molecule has 1 aromatic heterocycles. The molecule has 2 nitrogen and oxygen atoms in total. The Morgan fingerprint density at radius 1 is 1.26 bits per heavy atom. The lowest BCUT2D eigenvalue weighted by Gasteiger charge is -2.17. The Morgan fingerprint density at radius 3 is 2.37 bits per heavy atom. The summed E-state index contributed by atoms with van der Waals surface area (Å²) in [5, 5.41) is 6.70. The fraction of sp³-hybridized carbons (Fsp3) is 0.400. The smallest absolute Gasteiger partial charge is 0.0947 e. The minimum Gasteiger partial charge on any atom is -0.313 e. The number of aryl methyl sites for hydroxylation is 3. The van der Waals surface area contributed by atoms with Crippen molar-refractivity contribution in [2.75, 3.05) is 7.05 Å². The maximum absolute atomic E-state index is 4.56. The van der Waals surface area contributed by atoms with Gasteiger partial charge in [-0.1, -0.05) is 28.1 Å². The van der Waals surface area contributed by atoms with Crippen molar-refractivity contribution in [2.45, 2.75) is 33.2 Å². The van der Waals surface area contributed by atoms with Crippen molar-refractivity contribution in [3.8, 4) is 0 Å². The summed E-state index contributed by atoms with van der Waals surface area (Å²) in [5.74, 6) is 0. The maximum Gasteiger partial charge on any atom is 0.0947 e. The summed E-state index contributed by atoms with van der Waals surface area (Å²) in [6.07, 6.45) is 0.940. The van der Waals surface area contributed by atoms with Crippen LogP contribution in [-0.4, -0.2) is 12.0 Å². The first-order valence-corrected chi connectivity index (χ1v) is 8.03. The van der Waals surface area contributed by atoms with E-state index in [1.807, 2.05) is 14.0 Å². The Hall–Kier alpha value is -0.710. The van der Waals surface area contributed by atoms with Gasteiger partial charge in [-0.2, -0.15) is 0 Å². The average molecular weight is 339 g/mol. The first-order valence-electron chi connectivity index (χ1n) is 6.36. The molecule has 0 aliphatic rings. The molecule has 0 fully saturated rings. The molecule has 4 heteroatoms. The molecule has 0 saturated heterocycles. The van der Waals surface area contributed by atoms with E-state index >= 15 is 0 Å². The van der Waals surface area contributed by atoms with Crippen LogP contribution in [0.25, 0.3) is 0 Å². The van der Waals surface area contributed by atoms with Gasteiger partial charge in [-0.25, -0.2) is 4.98 Å². The van der Waals surface area contributed by atoms with Gasteiger partial charge in [-0.3, -0.25) is 0 Å². The van der Waals surface area contributed by atoms with E-state index in [1.54, 1.807) is 11.3 Å². The monoisotopic (exact) mass is 338 g/mol. The van der Waals surface area contributed by atoms with E-state index in [2.05, 4.69) is 57.6 Å². The van der Waals surface area contributed by atoms with Crippen LogP contribution < -0.4 is 5.32 Å². The quantitative estimate of drug-likeness (QED) is 0.897. The normalized spacial score (nSPS) is 12.7. The highest BCUT2D eigenvalue weighted by Gasteiger charge is 2.14. The molecule has 2 aromatic rings. The fourth-order valence-electron chi connectivity index (χ4n) is 2.24. The van der Waals surface area contributed by atoms with Gasteiger partial charge >= 0.3 is 0 Å². The second-order valence-corrected chi connectivity index (χ2v) is 6.63. The molecule has 0 radical (unpaired) electrons. The molecule has 0 saturated carbocycles. The number of hydrogen-bond acceptors (Lipinski definition) is 3. The van der Waals surface area contributed by atoms with Crippen molar-refractivity contribution in [3.63, 3.8) is 0 Å². The highest BCUT2D eigenvalue weighted by Crippen LogP contribution is 2.27. The summed E-state index contributed by atoms with van der Waals surface area (Å²) in [6.45, 7) is 6.32. The standard InChI is InChI=1S/C15H19BrN2S/c1-9-5-12(6-10(2)15(9)16)13(17-4)7-14-18-11(3)8-19-14/h5-6,8,13,17H,7H2,1-4H3. The third-order valence-electron chi connectivity index (χ3n) is 3.25. The SMILES string of the molecule is CNC(Cc1nc(C)cs1)c1cc(C)c(Br)c(C)c1. The van der Waals surface area contributed by atoms with E-state index in [0.29, 0.717) is 6.04 Å². The first kappa shape index (κ1) is 14.7. The van der Waals surface area contributed by atoms with E-state index in [-0.39, 0.29) is 0 Å². The van der Waals surface area contributed by atoms with Crippen molar-refractivity contribution in [2.24, 2.45) is 0 Å². The molecule has 1 unspecified atom stereocenters. The molecule has 2 rings (SSSR count). The number of likely N-dealkylation sites (N-methyl/N-ethyl adjacent to an activating group) is 1. The molecule has 0 amide bonds. The van der Waals surface area contributed by atoms with Gasteiger partial charge in [-0.15, -0.1) is 11.3 Å². The zero-order valence-corrected chi connectivity index (χ0v) is 14.2. The number of hydrogen-bond donors (Lipinski definition) is 1. The molecular weight excluding hydrogens is 320 g/mol. The van der Waals surface area contributed by atoms with Gasteiger partial charge in [0, 0.05) is 28.0 Å². The van der Waals surface area contributed by atoms with Crippen LogP contribution in [0.2, 0.25) is 0 Å². The Kier molecular flexibility index (Phi) is 4.76. The van der Waals surface area contributed by atoms with Gasteiger partial charge in [-0.05, 0) is 44.5 Å². The molecular formula is C15H19BrN2S. The Balaban J connectivity index is 2.27. The predicted octanol–water partition coefficient (Wildman–Crippen LogP) is 4.33. The maximum atomic E-state index is 4.56. The van der Waals surface area contributed by atoms with E-state index in [1.165, 1.54) is 26.2 Å². The lowest BCUT2D eigenvalue weighted by molar-refractivity contribution is 0.589. The lowest BCUT2D eigenvalue weighted by Crippen LogP contribution is -2.19. The summed E-state index contributed by atoms with van der Waals surface area (Å²) in [7, 11) is 2.01. The van der Waals surface area contributed by atoms with E-state index in [0.717, 1.165) is 12.1 Å². The molecule has 1 atom stereocenters. The summed E-state index contributed by atoms with van der Waals surface area (Å²) in [5.41, 5.74) is 5.00. The predicted molar refractivity (Wildman–Crippen MR) is 86.0 cm³/mol. The topological polar surface area (TPSA) is 24.9 Å². The molecule has 1 aromatic carbocycles. The highest BCUT2D eigenvalue weighted by molar-refractivity contribution is 9.10. The highest BCUT2D eigenvalue weighted by atomic mass is 79.9. The molecule has 19 heavy (non-hydrogen) atoms. The van der Waals surface area contributed by atoms with Crippen molar-refractivity contribution >= 4 is 27.3 Å². The number of nitrogens with one attached hydrogen (secondary N) is 1. The molecule has 1 N–H and O–H groups in total. The van der Waals surface area contributed by atoms with Crippen LogP contribution in [-0.2, 0) is 6.42 Å². The van der Waals surface area contributed by atoms with Crippen molar-refractivity contribution in [1.29, 1.82) is 0 Å². The first-order chi connectivity index (χ1) is 9.01. The third-order valence-corrected chi connectivity index (χ3v) is 5.49. The number of thiazole rings is 1. The fourth-order valence-corrected chi connectivity index (χ4v) is 3.29. The number of rotatable bonds is 4. The van der Waals surface area contributed by atoms with Crippen molar-refractivity contribution < 1.29 is 0 Å². The Bertz CT molecular complexity index is 554. The van der Waals surface area contributed by atoms with Crippen LogP contribution in [0.4, 0.5) is 0 Å². The van der Waals surface area contributed by atoms with Crippen LogP contribution in [0.5, 0.6) is 0 Å². The zero-order valence-electron chi connectivity index (χ0n) is 11.7. The van der Waals surface area contributed by atoms with Crippen molar-refractivity contribution in [1.82, 2.24) is 10.3 Å².